The van der Waals surface area contributed by atoms with Gasteiger partial charge < -0.3 is 0 Å². The van der Waals surface area contributed by atoms with Gasteiger partial charge in [0.2, 0.25) is 0 Å². The van der Waals surface area contributed by atoms with Gasteiger partial charge in [-0.1, -0.05) is 13.8 Å². The summed E-state index contributed by atoms with van der Waals surface area (Å²) in [7, 11) is -2.27. The second kappa shape index (κ2) is 2.77. The van der Waals surface area contributed by atoms with E-state index in [1.807, 2.05) is 20.8 Å². The van der Waals surface area contributed by atoms with E-state index in [1.54, 1.807) is 0 Å². The molecule has 3 heteroatoms. The van der Waals surface area contributed by atoms with Crippen LogP contribution in [0.4, 0.5) is 0 Å². The second-order valence-electron chi connectivity index (χ2n) is 3.80. The van der Waals surface area contributed by atoms with Gasteiger partial charge in [0.15, 0.2) is 0 Å². The lowest BCUT2D eigenvalue weighted by molar-refractivity contribution is 0.596. The first-order valence-corrected chi connectivity index (χ1v) is 5.91. The molecule has 1 saturated carbocycles. The molecule has 0 aromatic heterocycles. The standard InChI is InChI=1S/C8H17NOS/c1-6(2)7(3)11(9,10)8-4-5-8/h6-9H,4-5H2,1-3H3/t7-,11+/m0/s1. The van der Waals surface area contributed by atoms with Gasteiger partial charge in [-0.2, -0.15) is 0 Å². The summed E-state index contributed by atoms with van der Waals surface area (Å²) in [6, 6.07) is 0. The lowest BCUT2D eigenvalue weighted by Crippen LogP contribution is -2.25. The van der Waals surface area contributed by atoms with Gasteiger partial charge in [-0.3, -0.25) is 4.78 Å². The zero-order chi connectivity index (χ0) is 8.65. The Balaban J connectivity index is 2.71. The molecule has 0 aromatic rings. The third kappa shape index (κ3) is 1.75. The molecule has 1 rings (SSSR count). The van der Waals surface area contributed by atoms with Crippen molar-refractivity contribution in [1.82, 2.24) is 0 Å². The topological polar surface area (TPSA) is 40.9 Å². The highest BCUT2D eigenvalue weighted by molar-refractivity contribution is 7.93. The maximum absolute atomic E-state index is 11.8. The molecule has 66 valence electrons. The minimum atomic E-state index is -2.27. The van der Waals surface area contributed by atoms with Crippen LogP contribution in [0, 0.1) is 10.7 Å². The van der Waals surface area contributed by atoms with E-state index >= 15 is 0 Å². The molecule has 0 spiro atoms. The molecule has 0 radical (unpaired) electrons. The molecule has 1 aliphatic carbocycles. The fourth-order valence-electron chi connectivity index (χ4n) is 1.13. The van der Waals surface area contributed by atoms with Crippen LogP contribution >= 0.6 is 0 Å². The van der Waals surface area contributed by atoms with E-state index in [1.165, 1.54) is 0 Å². The zero-order valence-corrected chi connectivity index (χ0v) is 8.28. The summed E-state index contributed by atoms with van der Waals surface area (Å²) in [4.78, 5) is 0. The van der Waals surface area contributed by atoms with Gasteiger partial charge >= 0.3 is 0 Å². The smallest absolute Gasteiger partial charge is 0.0499 e. The zero-order valence-electron chi connectivity index (χ0n) is 7.46. The molecular weight excluding hydrogens is 158 g/mol. The van der Waals surface area contributed by atoms with Crippen LogP contribution in [0.1, 0.15) is 33.6 Å². The fraction of sp³-hybridized carbons (Fsp3) is 1.00. The summed E-state index contributed by atoms with van der Waals surface area (Å²) in [5.41, 5.74) is 0. The Bertz CT molecular complexity index is 226. The molecule has 1 N–H and O–H groups in total. The lowest BCUT2D eigenvalue weighted by Gasteiger charge is -2.18. The molecular formula is C8H17NOS. The number of hydrogen-bond acceptors (Lipinski definition) is 2. The van der Waals surface area contributed by atoms with Crippen LogP contribution in [0.15, 0.2) is 0 Å². The minimum Gasteiger partial charge on any atom is -0.252 e. The summed E-state index contributed by atoms with van der Waals surface area (Å²) < 4.78 is 19.5. The first-order chi connectivity index (χ1) is 4.96. The van der Waals surface area contributed by atoms with Crippen LogP contribution in [-0.2, 0) is 9.73 Å². The molecule has 1 aliphatic rings. The van der Waals surface area contributed by atoms with Crippen LogP contribution < -0.4 is 0 Å². The predicted octanol–water partition coefficient (Wildman–Crippen LogP) is 2.24. The minimum absolute atomic E-state index is 0.0648. The molecule has 0 unspecified atom stereocenters. The highest BCUT2D eigenvalue weighted by Crippen LogP contribution is 2.33. The highest BCUT2D eigenvalue weighted by Gasteiger charge is 2.36. The van der Waals surface area contributed by atoms with Crippen molar-refractivity contribution in [2.45, 2.75) is 44.1 Å². The molecule has 11 heavy (non-hydrogen) atoms. The lowest BCUT2D eigenvalue weighted by atomic mass is 10.2. The molecule has 0 bridgehead atoms. The van der Waals surface area contributed by atoms with Crippen LogP contribution in [-0.4, -0.2) is 14.7 Å². The average Bonchev–Trinajstić information content (AvgIpc) is 2.66. The Morgan fingerprint density at radius 1 is 1.36 bits per heavy atom. The Morgan fingerprint density at radius 2 is 1.82 bits per heavy atom. The van der Waals surface area contributed by atoms with Crippen molar-refractivity contribution in [3.05, 3.63) is 0 Å². The maximum atomic E-state index is 11.8. The van der Waals surface area contributed by atoms with Crippen LogP contribution in [0.2, 0.25) is 0 Å². The Labute approximate surface area is 69.4 Å². The molecule has 2 nitrogen and oxygen atoms in total. The monoisotopic (exact) mass is 175 g/mol. The van der Waals surface area contributed by atoms with Crippen LogP contribution in [0.3, 0.4) is 0 Å². The molecule has 1 fully saturated rings. The van der Waals surface area contributed by atoms with Gasteiger partial charge in [0.1, 0.15) is 0 Å². The predicted molar refractivity (Wildman–Crippen MR) is 48.2 cm³/mol. The van der Waals surface area contributed by atoms with E-state index in [0.29, 0.717) is 5.92 Å². The normalized spacial score (nSPS) is 26.5. The second-order valence-corrected chi connectivity index (χ2v) is 6.50. The molecule has 2 atom stereocenters. The molecule has 0 amide bonds. The molecule has 0 saturated heterocycles. The van der Waals surface area contributed by atoms with E-state index in [4.69, 9.17) is 4.78 Å². The van der Waals surface area contributed by atoms with Gasteiger partial charge in [0.05, 0.1) is 0 Å². The van der Waals surface area contributed by atoms with Crippen LogP contribution in [0.5, 0.6) is 0 Å². The quantitative estimate of drug-likeness (QED) is 0.702. The van der Waals surface area contributed by atoms with Crippen molar-refractivity contribution < 1.29 is 4.21 Å². The van der Waals surface area contributed by atoms with Crippen molar-refractivity contribution in [1.29, 1.82) is 4.78 Å². The Morgan fingerprint density at radius 3 is 2.09 bits per heavy atom. The van der Waals surface area contributed by atoms with E-state index in [2.05, 4.69) is 0 Å². The number of rotatable bonds is 3. The van der Waals surface area contributed by atoms with Gasteiger partial charge in [0.25, 0.3) is 0 Å². The van der Waals surface area contributed by atoms with Gasteiger partial charge in [-0.15, -0.1) is 0 Å². The van der Waals surface area contributed by atoms with Crippen molar-refractivity contribution in [2.75, 3.05) is 0 Å². The molecule has 0 aromatic carbocycles. The largest absolute Gasteiger partial charge is 0.252 e. The van der Waals surface area contributed by atoms with Gasteiger partial charge in [-0.25, -0.2) is 4.21 Å². The molecule has 0 heterocycles. The van der Waals surface area contributed by atoms with Crippen molar-refractivity contribution in [3.8, 4) is 0 Å². The van der Waals surface area contributed by atoms with E-state index in [-0.39, 0.29) is 10.5 Å². The highest BCUT2D eigenvalue weighted by atomic mass is 32.2. The number of hydrogen-bond donors (Lipinski definition) is 1. The first kappa shape index (κ1) is 9.04. The van der Waals surface area contributed by atoms with E-state index in [0.717, 1.165) is 12.8 Å². The van der Waals surface area contributed by atoms with Gasteiger partial charge in [-0.05, 0) is 25.7 Å². The first-order valence-electron chi connectivity index (χ1n) is 4.22. The summed E-state index contributed by atoms with van der Waals surface area (Å²) >= 11 is 0. The SMILES string of the molecule is CC(C)[C@H](C)[S@@](=N)(=O)C1CC1. The molecule has 0 aliphatic heterocycles. The average molecular weight is 175 g/mol. The summed E-state index contributed by atoms with van der Waals surface area (Å²) in [6.45, 7) is 6.03. The third-order valence-corrected chi connectivity index (χ3v) is 5.62. The summed E-state index contributed by atoms with van der Waals surface area (Å²) in [6.07, 6.45) is 2.03. The summed E-state index contributed by atoms with van der Waals surface area (Å²) in [5.74, 6) is 0.376. The maximum Gasteiger partial charge on any atom is 0.0499 e. The third-order valence-electron chi connectivity index (χ3n) is 2.51. The number of nitrogens with one attached hydrogen (secondary N) is 1. The summed E-state index contributed by atoms with van der Waals surface area (Å²) in [5, 5.41) is 0.287. The van der Waals surface area contributed by atoms with Crippen molar-refractivity contribution >= 4 is 9.73 Å². The van der Waals surface area contributed by atoms with Crippen molar-refractivity contribution in [3.63, 3.8) is 0 Å². The van der Waals surface area contributed by atoms with Crippen LogP contribution in [0.25, 0.3) is 0 Å². The van der Waals surface area contributed by atoms with E-state index < -0.39 is 9.73 Å². The van der Waals surface area contributed by atoms with E-state index in [9.17, 15) is 4.21 Å². The Kier molecular flexibility index (Phi) is 2.28. The Hall–Kier alpha value is -0.0500. The van der Waals surface area contributed by atoms with Gasteiger partial charge in [0, 0.05) is 20.2 Å². The van der Waals surface area contributed by atoms with Crippen molar-refractivity contribution in [2.24, 2.45) is 5.92 Å². The fourth-order valence-corrected chi connectivity index (χ4v) is 3.38.